The van der Waals surface area contributed by atoms with Crippen molar-refractivity contribution in [3.63, 3.8) is 0 Å². The quantitative estimate of drug-likeness (QED) is 0.625. The Morgan fingerprint density at radius 3 is 2.26 bits per heavy atom. The van der Waals surface area contributed by atoms with Gasteiger partial charge in [-0.1, -0.05) is 6.08 Å². The van der Waals surface area contributed by atoms with Crippen LogP contribution < -0.4 is 5.32 Å². The Morgan fingerprint density at radius 2 is 1.79 bits per heavy atom. The number of esters is 2. The van der Waals surface area contributed by atoms with E-state index in [2.05, 4.69) is 5.32 Å². The molecule has 0 aromatic carbocycles. The van der Waals surface area contributed by atoms with Gasteiger partial charge < -0.3 is 14.8 Å². The maximum Gasteiger partial charge on any atom is 0.337 e. The fourth-order valence-corrected chi connectivity index (χ4v) is 1.49. The molecule has 0 saturated carbocycles. The molecule has 0 atom stereocenters. The van der Waals surface area contributed by atoms with E-state index in [0.717, 1.165) is 6.54 Å². The van der Waals surface area contributed by atoms with Gasteiger partial charge in [-0.25, -0.2) is 4.79 Å². The monoisotopic (exact) mass is 269 g/mol. The molecule has 108 valence electrons. The molecule has 0 aliphatic carbocycles. The average Bonchev–Trinajstić information content (AvgIpc) is 2.27. The lowest BCUT2D eigenvalue weighted by molar-refractivity contribution is -0.219. The van der Waals surface area contributed by atoms with Gasteiger partial charge >= 0.3 is 11.9 Å². The van der Waals surface area contributed by atoms with E-state index in [1.165, 1.54) is 0 Å². The van der Waals surface area contributed by atoms with Crippen molar-refractivity contribution < 1.29 is 19.1 Å². The number of ether oxygens (including phenoxy) is 2. The van der Waals surface area contributed by atoms with Crippen LogP contribution in [0.5, 0.6) is 0 Å². The first-order valence-corrected chi connectivity index (χ1v) is 6.48. The highest BCUT2D eigenvalue weighted by Crippen LogP contribution is 2.22. The fourth-order valence-electron chi connectivity index (χ4n) is 1.49. The predicted octanol–water partition coefficient (Wildman–Crippen LogP) is 1.77. The van der Waals surface area contributed by atoms with Gasteiger partial charge in [0.1, 0.15) is 0 Å². The molecule has 0 fully saturated rings. The van der Waals surface area contributed by atoms with Crippen LogP contribution in [0.25, 0.3) is 0 Å². The number of hydrogen-bond acceptors (Lipinski definition) is 5. The Bertz CT molecular complexity index is 391. The molecule has 0 radical (unpaired) electrons. The highest BCUT2D eigenvalue weighted by molar-refractivity contribution is 5.89. The highest BCUT2D eigenvalue weighted by Gasteiger charge is 2.33. The molecule has 0 bridgehead atoms. The predicted molar refractivity (Wildman–Crippen MR) is 71.3 cm³/mol. The summed E-state index contributed by atoms with van der Waals surface area (Å²) in [5.74, 6) is -2.08. The summed E-state index contributed by atoms with van der Waals surface area (Å²) in [4.78, 5) is 23.7. The van der Waals surface area contributed by atoms with E-state index in [0.29, 0.717) is 18.5 Å². The van der Waals surface area contributed by atoms with Gasteiger partial charge in [0.2, 0.25) is 0 Å². The van der Waals surface area contributed by atoms with Crippen molar-refractivity contribution in [2.75, 3.05) is 13.1 Å². The molecule has 0 saturated heterocycles. The SMILES string of the molecule is CC(C)(OC(=O)C1=CCNCC1)OC(=O)C(C)(C)C. The molecule has 19 heavy (non-hydrogen) atoms. The summed E-state index contributed by atoms with van der Waals surface area (Å²) >= 11 is 0. The van der Waals surface area contributed by atoms with Gasteiger partial charge in [0.05, 0.1) is 5.41 Å². The molecule has 5 nitrogen and oxygen atoms in total. The van der Waals surface area contributed by atoms with E-state index in [1.807, 2.05) is 0 Å². The molecule has 0 spiro atoms. The molecule has 5 heteroatoms. The van der Waals surface area contributed by atoms with Gasteiger partial charge in [0, 0.05) is 26.0 Å². The van der Waals surface area contributed by atoms with Crippen molar-refractivity contribution in [3.05, 3.63) is 11.6 Å². The molecule has 0 amide bonds. The van der Waals surface area contributed by atoms with Gasteiger partial charge in [-0.15, -0.1) is 0 Å². The maximum atomic E-state index is 11.9. The third-order valence-corrected chi connectivity index (χ3v) is 2.62. The third-order valence-electron chi connectivity index (χ3n) is 2.62. The van der Waals surface area contributed by atoms with Gasteiger partial charge in [-0.3, -0.25) is 4.79 Å². The first kappa shape index (κ1) is 15.7. The summed E-state index contributed by atoms with van der Waals surface area (Å²) < 4.78 is 10.5. The fraction of sp³-hybridized carbons (Fsp3) is 0.714. The van der Waals surface area contributed by atoms with Gasteiger partial charge in [-0.05, 0) is 33.7 Å². The Morgan fingerprint density at radius 1 is 1.16 bits per heavy atom. The molecule has 1 N–H and O–H groups in total. The average molecular weight is 269 g/mol. The number of carbonyl (C=O) groups is 2. The molecular formula is C14H23NO4. The van der Waals surface area contributed by atoms with E-state index in [9.17, 15) is 9.59 Å². The standard InChI is InChI=1S/C14H23NO4/c1-13(2,3)12(17)19-14(4,5)18-11(16)10-6-8-15-9-7-10/h6,15H,7-9H2,1-5H3. The second-order valence-corrected chi connectivity index (χ2v) is 6.11. The summed E-state index contributed by atoms with van der Waals surface area (Å²) in [7, 11) is 0. The van der Waals surface area contributed by atoms with Crippen LogP contribution in [-0.4, -0.2) is 30.8 Å². The summed E-state index contributed by atoms with van der Waals surface area (Å²) in [6.45, 7) is 9.80. The van der Waals surface area contributed by atoms with Gasteiger partial charge in [0.25, 0.3) is 5.79 Å². The Labute approximate surface area is 114 Å². The first-order chi connectivity index (χ1) is 8.62. The van der Waals surface area contributed by atoms with Crippen LogP contribution in [0.15, 0.2) is 11.6 Å². The van der Waals surface area contributed by atoms with E-state index < -0.39 is 23.1 Å². The molecule has 1 rings (SSSR count). The minimum Gasteiger partial charge on any atom is -0.423 e. The lowest BCUT2D eigenvalue weighted by Crippen LogP contribution is -2.39. The zero-order valence-corrected chi connectivity index (χ0v) is 12.3. The van der Waals surface area contributed by atoms with Crippen LogP contribution in [0.4, 0.5) is 0 Å². The first-order valence-electron chi connectivity index (χ1n) is 6.48. The lowest BCUT2D eigenvalue weighted by atomic mass is 9.97. The summed E-state index contributed by atoms with van der Waals surface area (Å²) in [6.07, 6.45) is 2.43. The van der Waals surface area contributed by atoms with Crippen LogP contribution in [0.1, 0.15) is 41.0 Å². The van der Waals surface area contributed by atoms with E-state index >= 15 is 0 Å². The molecule has 0 aromatic rings. The van der Waals surface area contributed by atoms with Crippen molar-refractivity contribution in [3.8, 4) is 0 Å². The van der Waals surface area contributed by atoms with Crippen LogP contribution in [0.2, 0.25) is 0 Å². The Balaban J connectivity index is 2.61. The lowest BCUT2D eigenvalue weighted by Gasteiger charge is -2.29. The van der Waals surface area contributed by atoms with E-state index in [1.54, 1.807) is 40.7 Å². The Hall–Kier alpha value is -1.36. The van der Waals surface area contributed by atoms with Crippen LogP contribution in [0.3, 0.4) is 0 Å². The molecule has 1 heterocycles. The zero-order valence-electron chi connectivity index (χ0n) is 12.3. The molecule has 1 aliphatic rings. The van der Waals surface area contributed by atoms with Crippen molar-refractivity contribution in [1.29, 1.82) is 0 Å². The summed E-state index contributed by atoms with van der Waals surface area (Å²) in [6, 6.07) is 0. The van der Waals surface area contributed by atoms with Crippen molar-refractivity contribution in [2.45, 2.75) is 46.8 Å². The summed E-state index contributed by atoms with van der Waals surface area (Å²) in [5.41, 5.74) is -0.00354. The topological polar surface area (TPSA) is 64.6 Å². The van der Waals surface area contributed by atoms with Crippen molar-refractivity contribution in [1.82, 2.24) is 5.32 Å². The van der Waals surface area contributed by atoms with E-state index in [4.69, 9.17) is 9.47 Å². The second kappa shape index (κ2) is 5.74. The normalized spacial score (nSPS) is 16.6. The van der Waals surface area contributed by atoms with Crippen molar-refractivity contribution in [2.24, 2.45) is 5.41 Å². The zero-order chi connectivity index (χ0) is 14.7. The third kappa shape index (κ3) is 5.03. The van der Waals surface area contributed by atoms with Crippen LogP contribution in [-0.2, 0) is 19.1 Å². The molecule has 1 aliphatic heterocycles. The number of rotatable bonds is 3. The van der Waals surface area contributed by atoms with Gasteiger partial charge in [0.15, 0.2) is 0 Å². The van der Waals surface area contributed by atoms with Crippen LogP contribution in [0, 0.1) is 5.41 Å². The molecular weight excluding hydrogens is 246 g/mol. The largest absolute Gasteiger partial charge is 0.423 e. The number of hydrogen-bond donors (Lipinski definition) is 1. The molecule has 0 unspecified atom stereocenters. The second-order valence-electron chi connectivity index (χ2n) is 6.11. The van der Waals surface area contributed by atoms with E-state index in [-0.39, 0.29) is 0 Å². The Kier molecular flexibility index (Phi) is 4.74. The smallest absolute Gasteiger partial charge is 0.337 e. The highest BCUT2D eigenvalue weighted by atomic mass is 16.7. The minimum absolute atomic E-state index is 0.399. The maximum absolute atomic E-state index is 11.9. The van der Waals surface area contributed by atoms with Crippen LogP contribution >= 0.6 is 0 Å². The number of carbonyl (C=O) groups excluding carboxylic acids is 2. The van der Waals surface area contributed by atoms with Gasteiger partial charge in [-0.2, -0.15) is 0 Å². The number of nitrogens with one attached hydrogen (secondary N) is 1. The molecule has 0 aromatic heterocycles. The van der Waals surface area contributed by atoms with Crippen molar-refractivity contribution >= 4 is 11.9 Å². The minimum atomic E-state index is -1.26. The summed E-state index contributed by atoms with van der Waals surface area (Å²) in [5, 5.41) is 3.12.